The van der Waals surface area contributed by atoms with Crippen LogP contribution in [-0.2, 0) is 11.3 Å². The zero-order valence-electron chi connectivity index (χ0n) is 18.9. The molecule has 3 atom stereocenters. The highest BCUT2D eigenvalue weighted by Gasteiger charge is 2.49. The molecule has 2 amide bonds. The third-order valence-corrected chi connectivity index (χ3v) is 6.94. The summed E-state index contributed by atoms with van der Waals surface area (Å²) >= 11 is 0. The van der Waals surface area contributed by atoms with E-state index >= 15 is 0 Å². The van der Waals surface area contributed by atoms with Crippen LogP contribution in [-0.4, -0.2) is 21.6 Å². The second-order valence-electron chi connectivity index (χ2n) is 9.22. The van der Waals surface area contributed by atoms with Gasteiger partial charge in [0.1, 0.15) is 0 Å². The Hall–Kier alpha value is -2.89. The summed E-state index contributed by atoms with van der Waals surface area (Å²) in [6, 6.07) is 7.09. The number of aromatic nitrogens is 2. The van der Waals surface area contributed by atoms with Gasteiger partial charge in [0.15, 0.2) is 0 Å². The van der Waals surface area contributed by atoms with Gasteiger partial charge in [0, 0.05) is 17.8 Å². The van der Waals surface area contributed by atoms with E-state index in [1.165, 1.54) is 0 Å². The fourth-order valence-electron chi connectivity index (χ4n) is 4.92. The van der Waals surface area contributed by atoms with Crippen LogP contribution in [0.3, 0.4) is 0 Å². The normalized spacial score (nSPS) is 23.9. The molecule has 0 saturated heterocycles. The Morgan fingerprint density at radius 1 is 1.16 bits per heavy atom. The zero-order valence-corrected chi connectivity index (χ0v) is 18.9. The van der Waals surface area contributed by atoms with Gasteiger partial charge in [-0.3, -0.25) is 14.3 Å². The van der Waals surface area contributed by atoms with E-state index in [2.05, 4.69) is 41.7 Å². The zero-order chi connectivity index (χ0) is 22.2. The maximum atomic E-state index is 12.9. The van der Waals surface area contributed by atoms with Gasteiger partial charge in [-0.2, -0.15) is 5.10 Å². The van der Waals surface area contributed by atoms with Crippen molar-refractivity contribution in [2.24, 2.45) is 17.3 Å². The van der Waals surface area contributed by atoms with Crippen LogP contribution < -0.4 is 10.6 Å². The number of benzene rings is 1. The van der Waals surface area contributed by atoms with Crippen molar-refractivity contribution in [1.29, 1.82) is 0 Å². The molecule has 2 aromatic rings. The molecule has 3 unspecified atom stereocenters. The Kier molecular flexibility index (Phi) is 5.73. The van der Waals surface area contributed by atoms with Gasteiger partial charge in [0.25, 0.3) is 5.91 Å². The van der Waals surface area contributed by atoms with Crippen LogP contribution in [0.1, 0.15) is 61.3 Å². The number of carbonyl (C=O) groups excluding carboxylic acids is 2. The molecule has 31 heavy (non-hydrogen) atoms. The van der Waals surface area contributed by atoms with Crippen LogP contribution >= 0.6 is 0 Å². The number of nitrogens with zero attached hydrogens (tertiary/aromatic N) is 2. The summed E-state index contributed by atoms with van der Waals surface area (Å²) in [5.41, 5.74) is 3.48. The quantitative estimate of drug-likeness (QED) is 0.612. The first-order valence-electron chi connectivity index (χ1n) is 11.3. The highest BCUT2D eigenvalue weighted by atomic mass is 16.2. The number of fused-ring (bicyclic) bond motifs is 2. The number of hydrogen-bond acceptors (Lipinski definition) is 3. The Morgan fingerprint density at radius 2 is 1.90 bits per heavy atom. The molecule has 164 valence electrons. The number of carbonyl (C=O) groups is 2. The predicted octanol–water partition coefficient (Wildman–Crippen LogP) is 5.09. The molecule has 2 aliphatic carbocycles. The van der Waals surface area contributed by atoms with Crippen molar-refractivity contribution in [1.82, 2.24) is 9.78 Å². The molecule has 6 heteroatoms. The van der Waals surface area contributed by atoms with Crippen molar-refractivity contribution in [2.45, 2.75) is 59.9 Å². The van der Waals surface area contributed by atoms with Crippen molar-refractivity contribution < 1.29 is 9.59 Å². The van der Waals surface area contributed by atoms with Crippen LogP contribution in [0, 0.1) is 31.1 Å². The maximum Gasteiger partial charge on any atom is 0.255 e. The monoisotopic (exact) mass is 420 g/mol. The molecule has 1 fully saturated rings. The van der Waals surface area contributed by atoms with Crippen LogP contribution in [0.4, 0.5) is 11.4 Å². The number of hydrogen-bond donors (Lipinski definition) is 2. The fourth-order valence-corrected chi connectivity index (χ4v) is 4.92. The fraction of sp³-hybridized carbons (Fsp3) is 0.480. The lowest BCUT2D eigenvalue weighted by atomic mass is 9.77. The second kappa shape index (κ2) is 8.33. The first-order valence-corrected chi connectivity index (χ1v) is 11.3. The molecule has 1 aromatic heterocycles. The van der Waals surface area contributed by atoms with E-state index in [1.807, 2.05) is 18.5 Å². The van der Waals surface area contributed by atoms with Gasteiger partial charge in [-0.15, -0.1) is 0 Å². The molecule has 6 nitrogen and oxygen atoms in total. The molecular formula is C25H32N4O2. The Morgan fingerprint density at radius 3 is 2.52 bits per heavy atom. The molecule has 2 aliphatic rings. The molecule has 0 aliphatic heterocycles. The van der Waals surface area contributed by atoms with E-state index in [0.717, 1.165) is 49.3 Å². The third kappa shape index (κ3) is 4.03. The number of unbranched alkanes of at least 4 members (excludes halogenated alkanes) is 1. The van der Waals surface area contributed by atoms with Crippen molar-refractivity contribution >= 4 is 23.2 Å². The highest BCUT2D eigenvalue weighted by Crippen LogP contribution is 2.52. The minimum absolute atomic E-state index is 0.0623. The minimum Gasteiger partial charge on any atom is -0.326 e. The van der Waals surface area contributed by atoms with Crippen molar-refractivity contribution in [3.63, 3.8) is 0 Å². The largest absolute Gasteiger partial charge is 0.326 e. The van der Waals surface area contributed by atoms with Gasteiger partial charge in [0.05, 0.1) is 22.5 Å². The number of nitrogens with one attached hydrogen (secondary N) is 2. The number of rotatable bonds is 7. The Labute approximate surface area is 184 Å². The minimum atomic E-state index is -0.345. The lowest BCUT2D eigenvalue weighted by Crippen LogP contribution is -2.36. The van der Waals surface area contributed by atoms with E-state index in [1.54, 1.807) is 24.3 Å². The standard InChI is InChI=1S/C25H32N4O2/c1-5-6-13-29-17(3)22(16(2)28-29)27-23(30)19-8-11-21(12-9-19)26-24(31)25(4)15-18-7-10-20(25)14-18/h7-12,18,20H,5-6,13-15H2,1-4H3,(H,26,31)(H,27,30). The van der Waals surface area contributed by atoms with Gasteiger partial charge in [-0.05, 0) is 69.2 Å². The molecule has 1 heterocycles. The van der Waals surface area contributed by atoms with E-state index in [-0.39, 0.29) is 17.2 Å². The molecule has 4 rings (SSSR count). The third-order valence-electron chi connectivity index (χ3n) is 6.94. The SMILES string of the molecule is CCCCn1nc(C)c(NC(=O)c2ccc(NC(=O)C3(C)CC4C=CC3C4)cc2)c1C. The topological polar surface area (TPSA) is 76.0 Å². The van der Waals surface area contributed by atoms with Crippen molar-refractivity contribution in [3.05, 3.63) is 53.4 Å². The van der Waals surface area contributed by atoms with Crippen LogP contribution in [0.15, 0.2) is 36.4 Å². The highest BCUT2D eigenvalue weighted by molar-refractivity contribution is 6.05. The van der Waals surface area contributed by atoms with Gasteiger partial charge < -0.3 is 10.6 Å². The Bertz CT molecular complexity index is 1020. The van der Waals surface area contributed by atoms with Gasteiger partial charge in [0.2, 0.25) is 5.91 Å². The lowest BCUT2D eigenvalue weighted by Gasteiger charge is -2.29. The lowest BCUT2D eigenvalue weighted by molar-refractivity contribution is -0.126. The second-order valence-corrected chi connectivity index (χ2v) is 9.22. The van der Waals surface area contributed by atoms with Gasteiger partial charge in [-0.1, -0.05) is 32.4 Å². The summed E-state index contributed by atoms with van der Waals surface area (Å²) in [4.78, 5) is 25.7. The van der Waals surface area contributed by atoms with E-state index < -0.39 is 0 Å². The van der Waals surface area contributed by atoms with Crippen molar-refractivity contribution in [2.75, 3.05) is 10.6 Å². The molecule has 2 N–H and O–H groups in total. The van der Waals surface area contributed by atoms with Crippen LogP contribution in [0.5, 0.6) is 0 Å². The van der Waals surface area contributed by atoms with E-state index in [9.17, 15) is 9.59 Å². The summed E-state index contributed by atoms with van der Waals surface area (Å²) in [7, 11) is 0. The average molecular weight is 421 g/mol. The molecule has 0 spiro atoms. The van der Waals surface area contributed by atoms with Crippen LogP contribution in [0.25, 0.3) is 0 Å². The summed E-state index contributed by atoms with van der Waals surface area (Å²) in [6.45, 7) is 8.95. The van der Waals surface area contributed by atoms with E-state index in [4.69, 9.17) is 0 Å². The average Bonchev–Trinajstić information content (AvgIpc) is 3.42. The van der Waals surface area contributed by atoms with Gasteiger partial charge in [-0.25, -0.2) is 0 Å². The molecule has 2 bridgehead atoms. The first kappa shape index (κ1) is 21.3. The first-order chi connectivity index (χ1) is 14.8. The summed E-state index contributed by atoms with van der Waals surface area (Å²) in [5.74, 6) is 0.744. The summed E-state index contributed by atoms with van der Waals surface area (Å²) in [5, 5.41) is 10.6. The van der Waals surface area contributed by atoms with Crippen molar-refractivity contribution in [3.8, 4) is 0 Å². The summed E-state index contributed by atoms with van der Waals surface area (Å²) < 4.78 is 1.96. The molecule has 1 aromatic carbocycles. The molecular weight excluding hydrogens is 388 g/mol. The number of amides is 2. The van der Waals surface area contributed by atoms with Gasteiger partial charge >= 0.3 is 0 Å². The Balaban J connectivity index is 1.40. The number of anilines is 2. The smallest absolute Gasteiger partial charge is 0.255 e. The van der Waals surface area contributed by atoms with Crippen LogP contribution in [0.2, 0.25) is 0 Å². The van der Waals surface area contributed by atoms with E-state index in [0.29, 0.717) is 23.1 Å². The summed E-state index contributed by atoms with van der Waals surface area (Å²) in [6.07, 6.45) is 8.57. The number of aryl methyl sites for hydroxylation is 2. The predicted molar refractivity (Wildman–Crippen MR) is 123 cm³/mol. The molecule has 1 saturated carbocycles. The maximum absolute atomic E-state index is 12.9. The number of allylic oxidation sites excluding steroid dienone is 2. The molecule has 0 radical (unpaired) electrons.